The van der Waals surface area contributed by atoms with Gasteiger partial charge in [-0.3, -0.25) is 9.59 Å². The molecule has 0 unspecified atom stereocenters. The van der Waals surface area contributed by atoms with Crippen LogP contribution in [-0.2, 0) is 19.1 Å². The zero-order chi connectivity index (χ0) is 12.4. The highest BCUT2D eigenvalue weighted by Crippen LogP contribution is 2.07. The van der Waals surface area contributed by atoms with Crippen molar-refractivity contribution >= 4 is 11.9 Å². The Bertz CT molecular complexity index is 213. The van der Waals surface area contributed by atoms with Crippen LogP contribution in [0.3, 0.4) is 0 Å². The molecule has 16 heavy (non-hydrogen) atoms. The zero-order valence-corrected chi connectivity index (χ0v) is 10.5. The maximum atomic E-state index is 11.3. The molecule has 0 saturated carbocycles. The van der Waals surface area contributed by atoms with E-state index in [-0.39, 0.29) is 24.5 Å². The van der Waals surface area contributed by atoms with E-state index < -0.39 is 0 Å². The predicted molar refractivity (Wildman–Crippen MR) is 60.9 cm³/mol. The van der Waals surface area contributed by atoms with Crippen LogP contribution in [0.4, 0.5) is 0 Å². The summed E-state index contributed by atoms with van der Waals surface area (Å²) in [7, 11) is 0. The van der Waals surface area contributed by atoms with E-state index in [1.807, 2.05) is 20.8 Å². The topological polar surface area (TPSA) is 52.6 Å². The van der Waals surface area contributed by atoms with Gasteiger partial charge in [0.2, 0.25) is 0 Å². The molecule has 0 N–H and O–H groups in total. The summed E-state index contributed by atoms with van der Waals surface area (Å²) in [4.78, 5) is 22.5. The molecule has 0 amide bonds. The third kappa shape index (κ3) is 7.26. The van der Waals surface area contributed by atoms with Crippen molar-refractivity contribution in [2.24, 2.45) is 0 Å². The second-order valence-electron chi connectivity index (χ2n) is 3.69. The molecule has 0 aromatic heterocycles. The van der Waals surface area contributed by atoms with Crippen LogP contribution in [0.15, 0.2) is 0 Å². The van der Waals surface area contributed by atoms with Crippen LogP contribution >= 0.6 is 0 Å². The van der Waals surface area contributed by atoms with Crippen molar-refractivity contribution in [3.63, 3.8) is 0 Å². The molecule has 0 radical (unpaired) electrons. The average molecular weight is 230 g/mol. The number of ether oxygens (including phenoxy) is 2. The van der Waals surface area contributed by atoms with E-state index in [2.05, 4.69) is 0 Å². The van der Waals surface area contributed by atoms with Gasteiger partial charge in [0, 0.05) is 6.42 Å². The molecular weight excluding hydrogens is 208 g/mol. The van der Waals surface area contributed by atoms with Gasteiger partial charge < -0.3 is 9.47 Å². The van der Waals surface area contributed by atoms with Crippen molar-refractivity contribution in [1.82, 2.24) is 0 Å². The lowest BCUT2D eigenvalue weighted by molar-refractivity contribution is -0.155. The van der Waals surface area contributed by atoms with Gasteiger partial charge in [-0.15, -0.1) is 0 Å². The molecule has 0 aromatic rings. The molecule has 1 atom stereocenters. The number of esters is 2. The van der Waals surface area contributed by atoms with Gasteiger partial charge in [-0.1, -0.05) is 20.8 Å². The smallest absolute Gasteiger partial charge is 0.309 e. The number of hydrogen-bond donors (Lipinski definition) is 0. The molecule has 0 spiro atoms. The zero-order valence-electron chi connectivity index (χ0n) is 10.5. The third-order valence-electron chi connectivity index (χ3n) is 2.07. The van der Waals surface area contributed by atoms with Gasteiger partial charge in [0.15, 0.2) is 0 Å². The van der Waals surface area contributed by atoms with Gasteiger partial charge in [-0.25, -0.2) is 0 Å². The van der Waals surface area contributed by atoms with Crippen LogP contribution in [0.25, 0.3) is 0 Å². The van der Waals surface area contributed by atoms with Crippen molar-refractivity contribution in [2.45, 2.75) is 59.0 Å². The van der Waals surface area contributed by atoms with Gasteiger partial charge in [0.25, 0.3) is 0 Å². The number of hydrogen-bond acceptors (Lipinski definition) is 4. The van der Waals surface area contributed by atoms with Crippen LogP contribution in [0.5, 0.6) is 0 Å². The summed E-state index contributed by atoms with van der Waals surface area (Å²) in [5.41, 5.74) is 0. The molecule has 94 valence electrons. The molecule has 4 heteroatoms. The average Bonchev–Trinajstić information content (AvgIpc) is 2.25. The molecule has 4 nitrogen and oxygen atoms in total. The summed E-state index contributed by atoms with van der Waals surface area (Å²) in [5.74, 6) is -0.532. The fourth-order valence-corrected chi connectivity index (χ4v) is 1.18. The Morgan fingerprint density at radius 3 is 2.25 bits per heavy atom. The molecule has 0 saturated heterocycles. The second kappa shape index (κ2) is 9.19. The van der Waals surface area contributed by atoms with Crippen LogP contribution in [0.1, 0.15) is 52.9 Å². The molecule has 0 aliphatic heterocycles. The fourth-order valence-electron chi connectivity index (χ4n) is 1.18. The lowest BCUT2D eigenvalue weighted by atomic mass is 10.2. The maximum absolute atomic E-state index is 11.3. The maximum Gasteiger partial charge on any atom is 0.309 e. The van der Waals surface area contributed by atoms with E-state index >= 15 is 0 Å². The number of rotatable bonds is 8. The first-order chi connectivity index (χ1) is 7.63. The third-order valence-corrected chi connectivity index (χ3v) is 2.07. The molecule has 0 bridgehead atoms. The standard InChI is InChI=1S/C12H22O4/c1-4-7-11(13)16-10(6-3)9-12(14)15-8-5-2/h10H,4-9H2,1-3H3/t10-/m1/s1. The van der Waals surface area contributed by atoms with Crippen molar-refractivity contribution in [1.29, 1.82) is 0 Å². The molecule has 0 aromatic carbocycles. The normalized spacial score (nSPS) is 11.9. The molecule has 0 aliphatic carbocycles. The molecular formula is C12H22O4. The summed E-state index contributed by atoms with van der Waals surface area (Å²) in [5, 5.41) is 0. The van der Waals surface area contributed by atoms with Crippen LogP contribution < -0.4 is 0 Å². The lowest BCUT2D eigenvalue weighted by Crippen LogP contribution is -2.22. The molecule has 0 rings (SSSR count). The summed E-state index contributed by atoms with van der Waals surface area (Å²) in [6, 6.07) is 0. The summed E-state index contributed by atoms with van der Waals surface area (Å²) in [6.07, 6.45) is 2.42. The Balaban J connectivity index is 3.90. The first-order valence-corrected chi connectivity index (χ1v) is 5.99. The molecule has 0 fully saturated rings. The van der Waals surface area contributed by atoms with Crippen LogP contribution in [0, 0.1) is 0 Å². The Labute approximate surface area is 97.3 Å². The Kier molecular flexibility index (Phi) is 8.58. The SMILES string of the molecule is CCCOC(=O)C[C@@H](CC)OC(=O)CCC. The minimum Gasteiger partial charge on any atom is -0.466 e. The van der Waals surface area contributed by atoms with Gasteiger partial charge in [0.05, 0.1) is 13.0 Å². The number of carbonyl (C=O) groups excluding carboxylic acids is 2. The summed E-state index contributed by atoms with van der Waals surface area (Å²) >= 11 is 0. The predicted octanol–water partition coefficient (Wildman–Crippen LogP) is 2.45. The lowest BCUT2D eigenvalue weighted by Gasteiger charge is -2.15. The second-order valence-corrected chi connectivity index (χ2v) is 3.69. The van der Waals surface area contributed by atoms with Gasteiger partial charge in [-0.2, -0.15) is 0 Å². The van der Waals surface area contributed by atoms with Crippen molar-refractivity contribution in [2.75, 3.05) is 6.61 Å². The first-order valence-electron chi connectivity index (χ1n) is 5.99. The summed E-state index contributed by atoms with van der Waals surface area (Å²) in [6.45, 7) is 6.17. The van der Waals surface area contributed by atoms with Crippen LogP contribution in [-0.4, -0.2) is 24.6 Å². The first kappa shape index (κ1) is 14.9. The van der Waals surface area contributed by atoms with Crippen LogP contribution in [0.2, 0.25) is 0 Å². The van der Waals surface area contributed by atoms with Gasteiger partial charge >= 0.3 is 11.9 Å². The van der Waals surface area contributed by atoms with E-state index in [4.69, 9.17) is 9.47 Å². The van der Waals surface area contributed by atoms with Gasteiger partial charge in [-0.05, 0) is 19.3 Å². The monoisotopic (exact) mass is 230 g/mol. The minimum absolute atomic E-state index is 0.159. The Morgan fingerprint density at radius 1 is 1.06 bits per heavy atom. The van der Waals surface area contributed by atoms with E-state index in [9.17, 15) is 9.59 Å². The highest BCUT2D eigenvalue weighted by atomic mass is 16.6. The van der Waals surface area contributed by atoms with Crippen molar-refractivity contribution < 1.29 is 19.1 Å². The molecule has 0 heterocycles. The Hall–Kier alpha value is -1.06. The van der Waals surface area contributed by atoms with Gasteiger partial charge in [0.1, 0.15) is 6.10 Å². The minimum atomic E-state index is -0.344. The highest BCUT2D eigenvalue weighted by Gasteiger charge is 2.16. The Morgan fingerprint density at radius 2 is 1.75 bits per heavy atom. The highest BCUT2D eigenvalue weighted by molar-refractivity contribution is 5.72. The summed E-state index contributed by atoms with van der Waals surface area (Å²) < 4.78 is 10.1. The molecule has 0 aliphatic rings. The van der Waals surface area contributed by atoms with Crippen molar-refractivity contribution in [3.05, 3.63) is 0 Å². The van der Waals surface area contributed by atoms with E-state index in [1.54, 1.807) is 0 Å². The largest absolute Gasteiger partial charge is 0.466 e. The van der Waals surface area contributed by atoms with Crippen molar-refractivity contribution in [3.8, 4) is 0 Å². The fraction of sp³-hybridized carbons (Fsp3) is 0.833. The van der Waals surface area contributed by atoms with E-state index in [1.165, 1.54) is 0 Å². The quantitative estimate of drug-likeness (QED) is 0.601. The van der Waals surface area contributed by atoms with E-state index in [0.717, 1.165) is 12.8 Å². The number of carbonyl (C=O) groups is 2. The van der Waals surface area contributed by atoms with E-state index in [0.29, 0.717) is 19.4 Å².